The van der Waals surface area contributed by atoms with Crippen LogP contribution in [0.15, 0.2) is 84.9 Å². The maximum absolute atomic E-state index is 13.2. The molecule has 1 atom stereocenters. The molecular weight excluding hydrogens is 484 g/mol. The van der Waals surface area contributed by atoms with Crippen molar-refractivity contribution in [1.82, 2.24) is 0 Å². The number of nitrogens with zero attached hydrogens (tertiary/aromatic N) is 1. The lowest BCUT2D eigenvalue weighted by molar-refractivity contribution is -0.123. The lowest BCUT2D eigenvalue weighted by atomic mass is 9.94. The number of benzene rings is 4. The van der Waals surface area contributed by atoms with E-state index >= 15 is 0 Å². The van der Waals surface area contributed by atoms with E-state index in [4.69, 9.17) is 4.74 Å². The summed E-state index contributed by atoms with van der Waals surface area (Å²) >= 11 is 0. The second kappa shape index (κ2) is 9.74. The number of hydrogen-bond donors (Lipinski definition) is 1. The van der Waals surface area contributed by atoms with Gasteiger partial charge in [0.1, 0.15) is 0 Å². The van der Waals surface area contributed by atoms with E-state index < -0.39 is 29.8 Å². The van der Waals surface area contributed by atoms with Gasteiger partial charge in [0.05, 0.1) is 11.3 Å². The Bertz CT molecular complexity index is 1570. The smallest absolute Gasteiger partial charge is 0.338 e. The normalized spacial score (nSPS) is 13.3. The van der Waals surface area contributed by atoms with Gasteiger partial charge in [-0.3, -0.25) is 19.2 Å². The summed E-state index contributed by atoms with van der Waals surface area (Å²) in [7, 11) is 0. The number of amides is 3. The van der Waals surface area contributed by atoms with E-state index in [0.717, 1.165) is 10.3 Å². The number of carbonyl (C=O) groups is 5. The summed E-state index contributed by atoms with van der Waals surface area (Å²) in [6, 6.07) is 22.8. The molecule has 0 radical (unpaired) electrons. The number of esters is 1. The first-order chi connectivity index (χ1) is 18.2. The van der Waals surface area contributed by atoms with E-state index in [9.17, 15) is 24.0 Å². The lowest BCUT2D eigenvalue weighted by Crippen LogP contribution is -2.40. The summed E-state index contributed by atoms with van der Waals surface area (Å²) in [5.41, 5.74) is 2.29. The van der Waals surface area contributed by atoms with Crippen molar-refractivity contribution in [1.29, 1.82) is 0 Å². The van der Waals surface area contributed by atoms with Crippen LogP contribution in [0.2, 0.25) is 0 Å². The quantitative estimate of drug-likeness (QED) is 0.223. The molecule has 0 saturated heterocycles. The molecule has 0 aromatic heterocycles. The average molecular weight is 507 g/mol. The van der Waals surface area contributed by atoms with Crippen LogP contribution < -0.4 is 10.2 Å². The number of Topliss-reactive ketones (excluding diaryl/α,β-unsaturated/α-hetero) is 1. The number of imide groups is 1. The number of ether oxygens (including phenoxy) is 1. The third-order valence-corrected chi connectivity index (χ3v) is 6.34. The van der Waals surface area contributed by atoms with Gasteiger partial charge in [0, 0.05) is 27.8 Å². The minimum atomic E-state index is -1.10. The second-order valence-electron chi connectivity index (χ2n) is 8.87. The zero-order valence-corrected chi connectivity index (χ0v) is 20.6. The van der Waals surface area contributed by atoms with Crippen LogP contribution in [-0.2, 0) is 9.53 Å². The summed E-state index contributed by atoms with van der Waals surface area (Å²) in [4.78, 5) is 64.0. The molecule has 0 fully saturated rings. The Morgan fingerprint density at radius 1 is 0.763 bits per heavy atom. The van der Waals surface area contributed by atoms with Crippen molar-refractivity contribution < 1.29 is 28.7 Å². The van der Waals surface area contributed by atoms with Crippen molar-refractivity contribution in [3.8, 4) is 0 Å². The van der Waals surface area contributed by atoms with Crippen molar-refractivity contribution in [2.45, 2.75) is 20.0 Å². The Balaban J connectivity index is 1.28. The Morgan fingerprint density at radius 2 is 1.32 bits per heavy atom. The van der Waals surface area contributed by atoms with Crippen LogP contribution in [0.3, 0.4) is 0 Å². The van der Waals surface area contributed by atoms with E-state index in [1.807, 2.05) is 12.1 Å². The molecule has 8 heteroatoms. The second-order valence-corrected chi connectivity index (χ2v) is 8.87. The van der Waals surface area contributed by atoms with E-state index in [1.54, 1.807) is 48.5 Å². The fourth-order valence-electron chi connectivity index (χ4n) is 4.33. The number of hydrogen-bond acceptors (Lipinski definition) is 6. The number of anilines is 2. The molecule has 4 aromatic carbocycles. The van der Waals surface area contributed by atoms with Crippen molar-refractivity contribution in [3.05, 3.63) is 107 Å². The topological polar surface area (TPSA) is 110 Å². The Kier molecular flexibility index (Phi) is 6.30. The third kappa shape index (κ3) is 4.43. The van der Waals surface area contributed by atoms with Gasteiger partial charge in [0.25, 0.3) is 17.7 Å². The number of carbonyl (C=O) groups excluding carboxylic acids is 5. The van der Waals surface area contributed by atoms with Crippen LogP contribution in [0.4, 0.5) is 11.4 Å². The third-order valence-electron chi connectivity index (χ3n) is 6.34. The van der Waals surface area contributed by atoms with Gasteiger partial charge in [-0.1, -0.05) is 24.3 Å². The van der Waals surface area contributed by atoms with Gasteiger partial charge >= 0.3 is 5.97 Å². The largest absolute Gasteiger partial charge is 0.449 e. The highest BCUT2D eigenvalue weighted by molar-refractivity contribution is 6.35. The highest BCUT2D eigenvalue weighted by atomic mass is 16.5. The maximum Gasteiger partial charge on any atom is 0.338 e. The first kappa shape index (κ1) is 24.6. The molecule has 8 nitrogen and oxygen atoms in total. The zero-order valence-electron chi connectivity index (χ0n) is 20.6. The first-order valence-corrected chi connectivity index (χ1v) is 11.9. The molecule has 0 aliphatic carbocycles. The Morgan fingerprint density at radius 3 is 1.87 bits per heavy atom. The fraction of sp³-hybridized carbons (Fsp3) is 0.100. The molecule has 188 valence electrons. The zero-order chi connectivity index (χ0) is 27.0. The Hall–Kier alpha value is -5.11. The minimum absolute atomic E-state index is 0.0904. The maximum atomic E-state index is 13.2. The number of ketones is 1. The Labute approximate surface area is 217 Å². The molecule has 0 unspecified atom stereocenters. The van der Waals surface area contributed by atoms with Crippen LogP contribution in [-0.4, -0.2) is 35.6 Å². The van der Waals surface area contributed by atoms with Crippen LogP contribution in [0.5, 0.6) is 0 Å². The number of rotatable bonds is 6. The molecule has 1 N–H and O–H groups in total. The predicted molar refractivity (Wildman–Crippen MR) is 141 cm³/mol. The average Bonchev–Trinajstić information content (AvgIpc) is 2.92. The van der Waals surface area contributed by atoms with Crippen LogP contribution in [0, 0.1) is 0 Å². The molecule has 0 saturated carbocycles. The molecule has 38 heavy (non-hydrogen) atoms. The van der Waals surface area contributed by atoms with Gasteiger partial charge in [-0.25, -0.2) is 9.69 Å². The fourth-order valence-corrected chi connectivity index (χ4v) is 4.33. The van der Waals surface area contributed by atoms with Gasteiger partial charge in [-0.2, -0.15) is 0 Å². The first-order valence-electron chi connectivity index (χ1n) is 11.9. The standard InChI is InChI=1S/C30H22N2O6/c1-17(33)19-9-13-22(14-10-19)31-27(34)18(2)38-30(37)21-11-15-23(16-12-21)32-28(35)24-7-3-5-20-6-4-8-25(26(20)24)29(32)36/h3-16,18H,1-2H3,(H,31,34)/t18-/m0/s1. The van der Waals surface area contributed by atoms with Crippen molar-refractivity contribution in [2.75, 3.05) is 10.2 Å². The van der Waals surface area contributed by atoms with E-state index in [0.29, 0.717) is 33.5 Å². The SMILES string of the molecule is CC(=O)c1ccc(NC(=O)[C@H](C)OC(=O)c2ccc(N3C(=O)c4cccc5cccc(c45)C3=O)cc2)cc1. The predicted octanol–water partition coefficient (Wildman–Crippen LogP) is 5.03. The van der Waals surface area contributed by atoms with Gasteiger partial charge in [-0.15, -0.1) is 0 Å². The van der Waals surface area contributed by atoms with Gasteiger partial charge in [0.2, 0.25) is 0 Å². The summed E-state index contributed by atoms with van der Waals surface area (Å²) in [6.07, 6.45) is -1.10. The molecule has 1 aliphatic heterocycles. The summed E-state index contributed by atoms with van der Waals surface area (Å²) in [6.45, 7) is 2.89. The van der Waals surface area contributed by atoms with Gasteiger partial charge in [0.15, 0.2) is 11.9 Å². The molecule has 3 amide bonds. The summed E-state index contributed by atoms with van der Waals surface area (Å²) < 4.78 is 5.29. The molecule has 4 aromatic rings. The van der Waals surface area contributed by atoms with Crippen molar-refractivity contribution in [3.63, 3.8) is 0 Å². The van der Waals surface area contributed by atoms with Crippen LogP contribution in [0.25, 0.3) is 10.8 Å². The molecule has 1 aliphatic rings. The lowest BCUT2D eigenvalue weighted by Gasteiger charge is -2.27. The summed E-state index contributed by atoms with van der Waals surface area (Å²) in [5, 5.41) is 4.07. The van der Waals surface area contributed by atoms with E-state index in [2.05, 4.69) is 5.32 Å². The van der Waals surface area contributed by atoms with Crippen LogP contribution in [0.1, 0.15) is 55.3 Å². The minimum Gasteiger partial charge on any atom is -0.449 e. The molecular formula is C30H22N2O6. The van der Waals surface area contributed by atoms with Crippen molar-refractivity contribution >= 4 is 51.6 Å². The van der Waals surface area contributed by atoms with Crippen molar-refractivity contribution in [2.24, 2.45) is 0 Å². The van der Waals surface area contributed by atoms with Crippen LogP contribution >= 0.6 is 0 Å². The molecule has 1 heterocycles. The van der Waals surface area contributed by atoms with E-state index in [1.165, 1.54) is 38.1 Å². The molecule has 5 rings (SSSR count). The molecule has 0 spiro atoms. The monoisotopic (exact) mass is 506 g/mol. The van der Waals surface area contributed by atoms with Gasteiger partial charge in [-0.05, 0) is 79.9 Å². The van der Waals surface area contributed by atoms with E-state index in [-0.39, 0.29) is 11.3 Å². The molecule has 0 bridgehead atoms. The highest BCUT2D eigenvalue weighted by Gasteiger charge is 2.34. The summed E-state index contributed by atoms with van der Waals surface area (Å²) in [5.74, 6) is -2.26. The van der Waals surface area contributed by atoms with Gasteiger partial charge < -0.3 is 10.1 Å². The number of nitrogens with one attached hydrogen (secondary N) is 1. The highest BCUT2D eigenvalue weighted by Crippen LogP contribution is 2.32.